The first kappa shape index (κ1) is 25.8. The number of hydrogen-bond donors (Lipinski definition) is 1. The van der Waals surface area contributed by atoms with Crippen LogP contribution in [0.5, 0.6) is 0 Å². The van der Waals surface area contributed by atoms with E-state index in [2.05, 4.69) is 20.4 Å². The number of halogens is 2. The van der Waals surface area contributed by atoms with Gasteiger partial charge in [0, 0.05) is 32.2 Å². The van der Waals surface area contributed by atoms with Crippen LogP contribution in [0.15, 0.2) is 82.2 Å². The van der Waals surface area contributed by atoms with E-state index in [1.54, 1.807) is 23.9 Å². The minimum absolute atomic E-state index is 0.0297. The van der Waals surface area contributed by atoms with E-state index < -0.39 is 0 Å². The van der Waals surface area contributed by atoms with Crippen LogP contribution < -0.4 is 5.32 Å². The molecule has 0 unspecified atom stereocenters. The summed E-state index contributed by atoms with van der Waals surface area (Å²) < 4.78 is 5.46. The van der Waals surface area contributed by atoms with Gasteiger partial charge in [0.2, 0.25) is 17.6 Å². The van der Waals surface area contributed by atoms with Crippen molar-refractivity contribution < 1.29 is 9.32 Å². The normalized spacial score (nSPS) is 14.5. The van der Waals surface area contributed by atoms with Gasteiger partial charge in [0.1, 0.15) is 0 Å². The largest absolute Gasteiger partial charge is 0.338 e. The molecule has 1 aliphatic rings. The van der Waals surface area contributed by atoms with Crippen molar-refractivity contribution in [2.75, 3.05) is 18.4 Å². The smallest absolute Gasteiger partial charge is 0.241 e. The monoisotopic (exact) mass is 552 g/mol. The molecule has 1 aromatic heterocycles. The predicted molar refractivity (Wildman–Crippen MR) is 149 cm³/mol. The number of rotatable bonds is 8. The van der Waals surface area contributed by atoms with Gasteiger partial charge in [-0.15, -0.1) is 11.8 Å². The van der Waals surface area contributed by atoms with Gasteiger partial charge < -0.3 is 9.84 Å². The lowest BCUT2D eigenvalue weighted by molar-refractivity contribution is -0.121. The average Bonchev–Trinajstić information content (AvgIpc) is 3.38. The highest BCUT2D eigenvalue weighted by Gasteiger charge is 2.26. The van der Waals surface area contributed by atoms with E-state index in [-0.39, 0.29) is 11.8 Å². The van der Waals surface area contributed by atoms with Crippen LogP contribution in [0.3, 0.4) is 0 Å². The number of likely N-dealkylation sites (tertiary alicyclic amines) is 1. The predicted octanol–water partition coefficient (Wildman–Crippen LogP) is 7.19. The van der Waals surface area contributed by atoms with Crippen molar-refractivity contribution in [2.24, 2.45) is 5.92 Å². The molecule has 2 heterocycles. The van der Waals surface area contributed by atoms with Crippen LogP contribution in [0.2, 0.25) is 10.0 Å². The highest BCUT2D eigenvalue weighted by Crippen LogP contribution is 2.31. The average molecular weight is 554 g/mol. The standard InChI is InChI=1S/C28H26Cl2N4O2S/c29-22-9-5-19(6-10-22)18-37-25-4-2-1-3-24(25)31-28(35)21-13-15-34(16-14-21)17-26-32-27(33-36-26)20-7-11-23(30)12-8-20/h1-12,21H,13-18H2,(H,31,35). The Morgan fingerprint density at radius 1 is 0.973 bits per heavy atom. The summed E-state index contributed by atoms with van der Waals surface area (Å²) in [6, 6.07) is 23.1. The van der Waals surface area contributed by atoms with Crippen molar-refractivity contribution in [3.8, 4) is 11.4 Å². The van der Waals surface area contributed by atoms with Crippen LogP contribution in [0.1, 0.15) is 24.3 Å². The fourth-order valence-corrected chi connectivity index (χ4v) is 5.47. The molecule has 0 atom stereocenters. The molecule has 0 bridgehead atoms. The zero-order chi connectivity index (χ0) is 25.6. The second-order valence-corrected chi connectivity index (χ2v) is 10.9. The van der Waals surface area contributed by atoms with Gasteiger partial charge in [-0.3, -0.25) is 9.69 Å². The number of anilines is 1. The van der Waals surface area contributed by atoms with Crippen LogP contribution in [0, 0.1) is 5.92 Å². The molecule has 9 heteroatoms. The van der Waals surface area contributed by atoms with Crippen LogP contribution >= 0.6 is 35.0 Å². The van der Waals surface area contributed by atoms with Crippen molar-refractivity contribution in [3.05, 3.63) is 94.3 Å². The molecule has 5 rings (SSSR count). The van der Waals surface area contributed by atoms with E-state index in [1.165, 1.54) is 5.56 Å². The zero-order valence-electron chi connectivity index (χ0n) is 20.1. The number of carbonyl (C=O) groups is 1. The summed E-state index contributed by atoms with van der Waals surface area (Å²) in [6.07, 6.45) is 1.56. The van der Waals surface area contributed by atoms with E-state index in [1.807, 2.05) is 60.7 Å². The Bertz CT molecular complexity index is 1340. The molecule has 190 valence electrons. The van der Waals surface area contributed by atoms with Gasteiger partial charge in [0.15, 0.2) is 0 Å². The molecule has 1 amide bonds. The number of hydrogen-bond acceptors (Lipinski definition) is 6. The minimum Gasteiger partial charge on any atom is -0.338 e. The van der Waals surface area contributed by atoms with Gasteiger partial charge in [-0.25, -0.2) is 0 Å². The summed E-state index contributed by atoms with van der Waals surface area (Å²) in [4.78, 5) is 20.9. The number of benzene rings is 3. The number of para-hydroxylation sites is 1. The van der Waals surface area contributed by atoms with Gasteiger partial charge in [0.05, 0.1) is 12.2 Å². The fourth-order valence-electron chi connectivity index (χ4n) is 4.25. The van der Waals surface area contributed by atoms with Gasteiger partial charge in [-0.2, -0.15) is 4.98 Å². The SMILES string of the molecule is O=C(Nc1ccccc1SCc1ccc(Cl)cc1)C1CCN(Cc2nc(-c3ccc(Cl)cc3)no2)CC1. The highest BCUT2D eigenvalue weighted by molar-refractivity contribution is 7.98. The third kappa shape index (κ3) is 6.93. The van der Waals surface area contributed by atoms with Gasteiger partial charge >= 0.3 is 0 Å². The highest BCUT2D eigenvalue weighted by atomic mass is 35.5. The lowest BCUT2D eigenvalue weighted by atomic mass is 9.96. The third-order valence-corrected chi connectivity index (χ3v) is 7.99. The van der Waals surface area contributed by atoms with Crippen molar-refractivity contribution in [1.29, 1.82) is 0 Å². The van der Waals surface area contributed by atoms with Crippen LogP contribution in [-0.4, -0.2) is 34.0 Å². The molecular formula is C28H26Cl2N4O2S. The Balaban J connectivity index is 1.12. The minimum atomic E-state index is -0.0297. The maximum absolute atomic E-state index is 13.1. The number of nitrogens with zero attached hydrogens (tertiary/aromatic N) is 3. The number of piperidine rings is 1. The second-order valence-electron chi connectivity index (χ2n) is 8.97. The Labute approximate surface area is 230 Å². The van der Waals surface area contributed by atoms with Gasteiger partial charge in [-0.1, -0.05) is 52.6 Å². The molecule has 1 saturated heterocycles. The summed E-state index contributed by atoms with van der Waals surface area (Å²) in [5.74, 6) is 1.96. The maximum Gasteiger partial charge on any atom is 0.241 e. The van der Waals surface area contributed by atoms with Gasteiger partial charge in [-0.05, 0) is 80.0 Å². The first-order valence-electron chi connectivity index (χ1n) is 12.1. The first-order valence-corrected chi connectivity index (χ1v) is 13.9. The molecule has 0 spiro atoms. The molecular weight excluding hydrogens is 527 g/mol. The lowest BCUT2D eigenvalue weighted by Gasteiger charge is -2.30. The molecule has 1 N–H and O–H groups in total. The Hall–Kier alpha value is -2.84. The van der Waals surface area contributed by atoms with Crippen LogP contribution in [-0.2, 0) is 17.1 Å². The van der Waals surface area contributed by atoms with Crippen molar-refractivity contribution in [2.45, 2.75) is 30.0 Å². The summed E-state index contributed by atoms with van der Waals surface area (Å²) in [5, 5.41) is 8.65. The summed E-state index contributed by atoms with van der Waals surface area (Å²) in [5.41, 5.74) is 2.90. The van der Waals surface area contributed by atoms with Crippen molar-refractivity contribution >= 4 is 46.6 Å². The number of aromatic nitrogens is 2. The van der Waals surface area contributed by atoms with E-state index >= 15 is 0 Å². The number of amides is 1. The van der Waals surface area contributed by atoms with Crippen molar-refractivity contribution in [1.82, 2.24) is 15.0 Å². The first-order chi connectivity index (χ1) is 18.0. The molecule has 1 fully saturated rings. The zero-order valence-corrected chi connectivity index (χ0v) is 22.4. The molecule has 6 nitrogen and oxygen atoms in total. The van der Waals surface area contributed by atoms with Crippen molar-refractivity contribution in [3.63, 3.8) is 0 Å². The van der Waals surface area contributed by atoms with E-state index in [4.69, 9.17) is 27.7 Å². The summed E-state index contributed by atoms with van der Waals surface area (Å²) >= 11 is 13.7. The second kappa shape index (κ2) is 12.1. The number of thioether (sulfide) groups is 1. The summed E-state index contributed by atoms with van der Waals surface area (Å²) in [7, 11) is 0. The fraction of sp³-hybridized carbons (Fsp3) is 0.250. The quantitative estimate of drug-likeness (QED) is 0.233. The molecule has 0 saturated carbocycles. The Morgan fingerprint density at radius 2 is 1.65 bits per heavy atom. The molecule has 4 aromatic rings. The third-order valence-electron chi connectivity index (χ3n) is 6.34. The van der Waals surface area contributed by atoms with Crippen LogP contribution in [0.25, 0.3) is 11.4 Å². The summed E-state index contributed by atoms with van der Waals surface area (Å²) in [6.45, 7) is 2.16. The molecule has 37 heavy (non-hydrogen) atoms. The van der Waals surface area contributed by atoms with E-state index in [0.29, 0.717) is 23.3 Å². The molecule has 0 aliphatic carbocycles. The molecule has 0 radical (unpaired) electrons. The topological polar surface area (TPSA) is 71.3 Å². The number of carbonyl (C=O) groups excluding carboxylic acids is 1. The lowest BCUT2D eigenvalue weighted by Crippen LogP contribution is -2.37. The molecule has 3 aromatic carbocycles. The Kier molecular flexibility index (Phi) is 8.46. The molecule has 1 aliphatic heterocycles. The van der Waals surface area contributed by atoms with Crippen LogP contribution in [0.4, 0.5) is 5.69 Å². The van der Waals surface area contributed by atoms with E-state index in [9.17, 15) is 4.79 Å². The maximum atomic E-state index is 13.1. The Morgan fingerprint density at radius 3 is 2.38 bits per heavy atom. The van der Waals surface area contributed by atoms with E-state index in [0.717, 1.165) is 52.9 Å². The number of nitrogens with one attached hydrogen (secondary N) is 1. The van der Waals surface area contributed by atoms with Gasteiger partial charge in [0.25, 0.3) is 0 Å².